The highest BCUT2D eigenvalue weighted by atomic mass is 35.5. The lowest BCUT2D eigenvalue weighted by Gasteiger charge is -2.17. The quantitative estimate of drug-likeness (QED) is 0.845. The summed E-state index contributed by atoms with van der Waals surface area (Å²) < 4.78 is 14.1. The zero-order valence-corrected chi connectivity index (χ0v) is 11.8. The van der Waals surface area contributed by atoms with Gasteiger partial charge in [-0.25, -0.2) is 4.39 Å². The summed E-state index contributed by atoms with van der Waals surface area (Å²) in [6.45, 7) is 5.01. The fourth-order valence-corrected chi connectivity index (χ4v) is 2.40. The van der Waals surface area contributed by atoms with Gasteiger partial charge in [-0.15, -0.1) is 0 Å². The van der Waals surface area contributed by atoms with E-state index in [-0.39, 0.29) is 11.9 Å². The molecule has 100 valence electrons. The van der Waals surface area contributed by atoms with Crippen LogP contribution in [0.2, 0.25) is 5.02 Å². The molecule has 1 unspecified atom stereocenters. The Morgan fingerprint density at radius 1 is 1.16 bits per heavy atom. The van der Waals surface area contributed by atoms with E-state index in [1.165, 1.54) is 6.07 Å². The van der Waals surface area contributed by atoms with Crippen LogP contribution in [0.4, 0.5) is 4.39 Å². The fraction of sp³-hybridized carbons (Fsp3) is 0.250. The van der Waals surface area contributed by atoms with E-state index < -0.39 is 0 Å². The van der Waals surface area contributed by atoms with Crippen LogP contribution in [0.3, 0.4) is 0 Å². The van der Waals surface area contributed by atoms with Crippen molar-refractivity contribution in [1.82, 2.24) is 5.32 Å². The summed E-state index contributed by atoms with van der Waals surface area (Å²) in [5.41, 5.74) is 2.58. The molecular formula is C16H17ClFN. The molecule has 3 heteroatoms. The van der Waals surface area contributed by atoms with Crippen LogP contribution in [-0.2, 0) is 0 Å². The van der Waals surface area contributed by atoms with E-state index >= 15 is 0 Å². The van der Waals surface area contributed by atoms with Crippen LogP contribution in [0, 0.1) is 5.82 Å². The first-order valence-corrected chi connectivity index (χ1v) is 6.79. The highest BCUT2D eigenvalue weighted by Gasteiger charge is 2.13. The summed E-state index contributed by atoms with van der Waals surface area (Å²) in [4.78, 5) is 0. The van der Waals surface area contributed by atoms with Gasteiger partial charge in [0.1, 0.15) is 5.82 Å². The lowest BCUT2D eigenvalue weighted by molar-refractivity contribution is 0.597. The van der Waals surface area contributed by atoms with Gasteiger partial charge in [0.15, 0.2) is 0 Å². The smallest absolute Gasteiger partial charge is 0.132 e. The van der Waals surface area contributed by atoms with Crippen LogP contribution >= 0.6 is 11.6 Å². The van der Waals surface area contributed by atoms with Gasteiger partial charge in [0.2, 0.25) is 0 Å². The van der Waals surface area contributed by atoms with Crippen molar-refractivity contribution in [3.05, 3.63) is 58.9 Å². The van der Waals surface area contributed by atoms with Crippen LogP contribution in [0.1, 0.15) is 25.5 Å². The molecule has 0 fully saturated rings. The highest BCUT2D eigenvalue weighted by Crippen LogP contribution is 2.31. The normalized spacial score (nSPS) is 12.4. The Kier molecular flexibility index (Phi) is 4.56. The molecule has 0 aliphatic rings. The van der Waals surface area contributed by atoms with Gasteiger partial charge in [-0.05, 0) is 42.8 Å². The van der Waals surface area contributed by atoms with Gasteiger partial charge in [0.05, 0.1) is 0 Å². The highest BCUT2D eigenvalue weighted by molar-refractivity contribution is 6.30. The van der Waals surface area contributed by atoms with Gasteiger partial charge in [-0.1, -0.05) is 42.8 Å². The molecule has 1 nitrogen and oxygen atoms in total. The van der Waals surface area contributed by atoms with E-state index in [4.69, 9.17) is 11.6 Å². The minimum absolute atomic E-state index is 0.177. The summed E-state index contributed by atoms with van der Waals surface area (Å²) >= 11 is 5.80. The number of hydrogen-bond donors (Lipinski definition) is 1. The molecule has 0 heterocycles. The monoisotopic (exact) mass is 277 g/mol. The molecule has 1 atom stereocenters. The number of hydrogen-bond acceptors (Lipinski definition) is 1. The largest absolute Gasteiger partial charge is 0.310 e. The Hall–Kier alpha value is -1.38. The third kappa shape index (κ3) is 3.14. The minimum atomic E-state index is -0.288. The lowest BCUT2D eigenvalue weighted by atomic mass is 9.95. The minimum Gasteiger partial charge on any atom is -0.310 e. The van der Waals surface area contributed by atoms with Crippen molar-refractivity contribution in [1.29, 1.82) is 0 Å². The second-order valence-electron chi connectivity index (χ2n) is 4.49. The molecule has 2 aromatic carbocycles. The Bertz CT molecular complexity index is 568. The first kappa shape index (κ1) is 14.0. The van der Waals surface area contributed by atoms with Crippen molar-refractivity contribution in [2.75, 3.05) is 6.54 Å². The van der Waals surface area contributed by atoms with Crippen LogP contribution in [-0.4, -0.2) is 6.54 Å². The van der Waals surface area contributed by atoms with Crippen LogP contribution in [0.5, 0.6) is 0 Å². The van der Waals surface area contributed by atoms with E-state index in [2.05, 4.69) is 19.2 Å². The zero-order valence-electron chi connectivity index (χ0n) is 11.1. The molecule has 0 aliphatic heterocycles. The average molecular weight is 278 g/mol. The molecular weight excluding hydrogens is 261 g/mol. The lowest BCUT2D eigenvalue weighted by Crippen LogP contribution is -2.18. The number of rotatable bonds is 4. The average Bonchev–Trinajstić information content (AvgIpc) is 2.39. The third-order valence-electron chi connectivity index (χ3n) is 3.16. The molecule has 2 rings (SSSR count). The van der Waals surface area contributed by atoms with Crippen molar-refractivity contribution in [3.63, 3.8) is 0 Å². The molecule has 0 saturated heterocycles. The maximum Gasteiger partial charge on any atom is 0.132 e. The Labute approximate surface area is 118 Å². The van der Waals surface area contributed by atoms with Crippen molar-refractivity contribution < 1.29 is 4.39 Å². The second-order valence-corrected chi connectivity index (χ2v) is 4.93. The summed E-state index contributed by atoms with van der Waals surface area (Å²) in [7, 11) is 0. The Morgan fingerprint density at radius 3 is 2.58 bits per heavy atom. The molecule has 0 aromatic heterocycles. The molecule has 0 aliphatic carbocycles. The molecule has 0 bridgehead atoms. The predicted octanol–water partition coefficient (Wildman–Crippen LogP) is 4.82. The van der Waals surface area contributed by atoms with Gasteiger partial charge in [-0.2, -0.15) is 0 Å². The maximum atomic E-state index is 14.1. The molecule has 2 aromatic rings. The molecule has 1 N–H and O–H groups in total. The van der Waals surface area contributed by atoms with Crippen LogP contribution in [0.25, 0.3) is 11.1 Å². The molecule has 0 amide bonds. The number of nitrogens with one attached hydrogen (secondary N) is 1. The summed E-state index contributed by atoms with van der Waals surface area (Å²) in [5.74, 6) is -0.288. The molecule has 19 heavy (non-hydrogen) atoms. The van der Waals surface area contributed by atoms with E-state index in [9.17, 15) is 4.39 Å². The van der Waals surface area contributed by atoms with E-state index in [0.29, 0.717) is 10.6 Å². The fourth-order valence-electron chi connectivity index (χ4n) is 2.24. The van der Waals surface area contributed by atoms with E-state index in [1.54, 1.807) is 12.1 Å². The standard InChI is InChI=1S/C16H17ClFN/c1-3-19-11(2)13-6-4-5-7-14(13)15-9-8-12(17)10-16(15)18/h4-11,19H,3H2,1-2H3. The molecule has 0 spiro atoms. The van der Waals surface area contributed by atoms with Gasteiger partial charge < -0.3 is 5.32 Å². The van der Waals surface area contributed by atoms with E-state index in [0.717, 1.165) is 17.7 Å². The second kappa shape index (κ2) is 6.18. The third-order valence-corrected chi connectivity index (χ3v) is 3.39. The summed E-state index contributed by atoms with van der Waals surface area (Å²) in [5, 5.41) is 3.77. The number of halogens is 2. The first-order chi connectivity index (χ1) is 9.13. The van der Waals surface area contributed by atoms with Crippen molar-refractivity contribution in [3.8, 4) is 11.1 Å². The summed E-state index contributed by atoms with van der Waals surface area (Å²) in [6.07, 6.45) is 0. The molecule has 0 saturated carbocycles. The topological polar surface area (TPSA) is 12.0 Å². The van der Waals surface area contributed by atoms with Gasteiger partial charge in [0, 0.05) is 16.6 Å². The molecule has 0 radical (unpaired) electrons. The Balaban J connectivity index is 2.50. The Morgan fingerprint density at radius 2 is 1.89 bits per heavy atom. The maximum absolute atomic E-state index is 14.1. The van der Waals surface area contributed by atoms with Crippen LogP contribution in [0.15, 0.2) is 42.5 Å². The van der Waals surface area contributed by atoms with Crippen molar-refractivity contribution in [2.24, 2.45) is 0 Å². The summed E-state index contributed by atoms with van der Waals surface area (Å²) in [6, 6.07) is 12.8. The predicted molar refractivity (Wildman–Crippen MR) is 78.9 cm³/mol. The zero-order chi connectivity index (χ0) is 13.8. The van der Waals surface area contributed by atoms with Gasteiger partial charge in [0.25, 0.3) is 0 Å². The van der Waals surface area contributed by atoms with Crippen LogP contribution < -0.4 is 5.32 Å². The van der Waals surface area contributed by atoms with Crippen molar-refractivity contribution >= 4 is 11.6 Å². The SMILES string of the molecule is CCNC(C)c1ccccc1-c1ccc(Cl)cc1F. The first-order valence-electron chi connectivity index (χ1n) is 6.41. The van der Waals surface area contributed by atoms with Crippen molar-refractivity contribution in [2.45, 2.75) is 19.9 Å². The van der Waals surface area contributed by atoms with Gasteiger partial charge >= 0.3 is 0 Å². The van der Waals surface area contributed by atoms with Gasteiger partial charge in [-0.3, -0.25) is 0 Å². The van der Waals surface area contributed by atoms with E-state index in [1.807, 2.05) is 24.3 Å². The number of benzene rings is 2.